The van der Waals surface area contributed by atoms with Gasteiger partial charge < -0.3 is 19.8 Å². The first-order valence-electron chi connectivity index (χ1n) is 8.42. The maximum absolute atomic E-state index is 5.85. The Labute approximate surface area is 144 Å². The van der Waals surface area contributed by atoms with Crippen molar-refractivity contribution in [1.29, 1.82) is 0 Å². The molecule has 0 saturated carbocycles. The van der Waals surface area contributed by atoms with Crippen LogP contribution in [-0.2, 0) is 13.0 Å². The summed E-state index contributed by atoms with van der Waals surface area (Å²) >= 11 is 0. The highest BCUT2D eigenvalue weighted by atomic mass is 16.5. The predicted octanol–water partition coefficient (Wildman–Crippen LogP) is 3.28. The van der Waals surface area contributed by atoms with Gasteiger partial charge in [-0.05, 0) is 37.1 Å². The van der Waals surface area contributed by atoms with Gasteiger partial charge in [0, 0.05) is 32.1 Å². The van der Waals surface area contributed by atoms with Crippen molar-refractivity contribution in [3.63, 3.8) is 0 Å². The van der Waals surface area contributed by atoms with Gasteiger partial charge in [-0.3, -0.25) is 4.99 Å². The van der Waals surface area contributed by atoms with Crippen molar-refractivity contribution in [3.05, 3.63) is 53.5 Å². The molecule has 0 aliphatic heterocycles. The van der Waals surface area contributed by atoms with Gasteiger partial charge in [0.1, 0.15) is 11.5 Å². The summed E-state index contributed by atoms with van der Waals surface area (Å²) in [6, 6.07) is 10.2. The average molecular weight is 329 g/mol. The van der Waals surface area contributed by atoms with E-state index in [9.17, 15) is 0 Å². The SMILES string of the molecule is CCCOc1cc(C)ccc1CNC(=NC)NCCc1ccco1. The van der Waals surface area contributed by atoms with Gasteiger partial charge in [-0.25, -0.2) is 0 Å². The second-order valence-corrected chi connectivity index (χ2v) is 5.64. The molecule has 130 valence electrons. The van der Waals surface area contributed by atoms with Crippen molar-refractivity contribution in [2.75, 3.05) is 20.2 Å². The molecule has 0 amide bonds. The predicted molar refractivity (Wildman–Crippen MR) is 97.6 cm³/mol. The summed E-state index contributed by atoms with van der Waals surface area (Å²) in [6.45, 7) is 6.34. The van der Waals surface area contributed by atoms with E-state index in [0.717, 1.165) is 49.0 Å². The van der Waals surface area contributed by atoms with Gasteiger partial charge in [0.15, 0.2) is 5.96 Å². The summed E-state index contributed by atoms with van der Waals surface area (Å²) in [7, 11) is 1.77. The number of hydrogen-bond donors (Lipinski definition) is 2. The second kappa shape index (κ2) is 9.65. The molecule has 1 aromatic carbocycles. The van der Waals surface area contributed by atoms with Crippen LogP contribution in [0.3, 0.4) is 0 Å². The number of hydrogen-bond acceptors (Lipinski definition) is 3. The lowest BCUT2D eigenvalue weighted by Gasteiger charge is -2.15. The highest BCUT2D eigenvalue weighted by Gasteiger charge is 2.06. The fourth-order valence-corrected chi connectivity index (χ4v) is 2.31. The van der Waals surface area contributed by atoms with Gasteiger partial charge in [0.2, 0.25) is 0 Å². The molecular weight excluding hydrogens is 302 g/mol. The van der Waals surface area contributed by atoms with Crippen molar-refractivity contribution in [3.8, 4) is 5.75 Å². The Morgan fingerprint density at radius 1 is 1.25 bits per heavy atom. The molecule has 2 aromatic rings. The first-order valence-corrected chi connectivity index (χ1v) is 8.42. The van der Waals surface area contributed by atoms with Crippen LogP contribution in [0, 0.1) is 6.92 Å². The molecule has 2 rings (SSSR count). The quantitative estimate of drug-likeness (QED) is 0.576. The monoisotopic (exact) mass is 329 g/mol. The third kappa shape index (κ3) is 5.65. The van der Waals surface area contributed by atoms with Crippen LogP contribution in [0.2, 0.25) is 0 Å². The summed E-state index contributed by atoms with van der Waals surface area (Å²) in [4.78, 5) is 4.25. The van der Waals surface area contributed by atoms with Gasteiger partial charge in [0.25, 0.3) is 0 Å². The third-order valence-electron chi connectivity index (χ3n) is 3.60. The van der Waals surface area contributed by atoms with Gasteiger partial charge in [-0.1, -0.05) is 19.1 Å². The van der Waals surface area contributed by atoms with E-state index in [0.29, 0.717) is 6.54 Å². The molecular formula is C19H27N3O2. The smallest absolute Gasteiger partial charge is 0.191 e. The fourth-order valence-electron chi connectivity index (χ4n) is 2.31. The molecule has 1 heterocycles. The Balaban J connectivity index is 1.85. The van der Waals surface area contributed by atoms with E-state index < -0.39 is 0 Å². The van der Waals surface area contributed by atoms with Gasteiger partial charge >= 0.3 is 0 Å². The Hall–Kier alpha value is -2.43. The first kappa shape index (κ1) is 17.9. The molecule has 24 heavy (non-hydrogen) atoms. The Bertz CT molecular complexity index is 636. The zero-order valence-electron chi connectivity index (χ0n) is 14.8. The van der Waals surface area contributed by atoms with Crippen LogP contribution >= 0.6 is 0 Å². The molecule has 5 nitrogen and oxygen atoms in total. The minimum absolute atomic E-state index is 0.666. The van der Waals surface area contributed by atoms with E-state index in [1.165, 1.54) is 5.56 Å². The van der Waals surface area contributed by atoms with Gasteiger partial charge in [0.05, 0.1) is 12.9 Å². The molecule has 0 saturated heterocycles. The normalized spacial score (nSPS) is 11.4. The van der Waals surface area contributed by atoms with E-state index >= 15 is 0 Å². The van der Waals surface area contributed by atoms with E-state index in [1.54, 1.807) is 13.3 Å². The standard InChI is InChI=1S/C19H27N3O2/c1-4-11-24-18-13-15(2)7-8-16(18)14-22-19(20-3)21-10-9-17-6-5-12-23-17/h5-8,12-13H,4,9-11,14H2,1-3H3,(H2,20,21,22). The maximum Gasteiger partial charge on any atom is 0.191 e. The maximum atomic E-state index is 5.85. The molecule has 5 heteroatoms. The van der Waals surface area contributed by atoms with Crippen LogP contribution in [0.1, 0.15) is 30.2 Å². The molecule has 1 aromatic heterocycles. The number of nitrogens with one attached hydrogen (secondary N) is 2. The van der Waals surface area contributed by atoms with Gasteiger partial charge in [-0.2, -0.15) is 0 Å². The molecule has 0 atom stereocenters. The van der Waals surface area contributed by atoms with E-state index in [4.69, 9.17) is 9.15 Å². The number of rotatable bonds is 8. The van der Waals surface area contributed by atoms with Gasteiger partial charge in [-0.15, -0.1) is 0 Å². The molecule has 0 aliphatic rings. The number of aryl methyl sites for hydroxylation is 1. The Kier molecular flexibility index (Phi) is 7.21. The summed E-state index contributed by atoms with van der Waals surface area (Å²) in [5.74, 6) is 2.67. The van der Waals surface area contributed by atoms with Crippen molar-refractivity contribution in [1.82, 2.24) is 10.6 Å². The highest BCUT2D eigenvalue weighted by molar-refractivity contribution is 5.79. The zero-order chi connectivity index (χ0) is 17.2. The molecule has 0 radical (unpaired) electrons. The molecule has 0 aliphatic carbocycles. The van der Waals surface area contributed by atoms with E-state index in [2.05, 4.69) is 47.7 Å². The van der Waals surface area contributed by atoms with E-state index in [1.807, 2.05) is 12.1 Å². The number of nitrogens with zero attached hydrogens (tertiary/aromatic N) is 1. The van der Waals surface area contributed by atoms with Crippen LogP contribution in [0.4, 0.5) is 0 Å². The summed E-state index contributed by atoms with van der Waals surface area (Å²) in [6.07, 6.45) is 3.51. The number of ether oxygens (including phenoxy) is 1. The largest absolute Gasteiger partial charge is 0.493 e. The van der Waals surface area contributed by atoms with Crippen LogP contribution in [-0.4, -0.2) is 26.2 Å². The molecule has 2 N–H and O–H groups in total. The second-order valence-electron chi connectivity index (χ2n) is 5.64. The van der Waals surface area contributed by atoms with E-state index in [-0.39, 0.29) is 0 Å². The summed E-state index contributed by atoms with van der Waals surface area (Å²) in [5, 5.41) is 6.62. The fraction of sp³-hybridized carbons (Fsp3) is 0.421. The zero-order valence-corrected chi connectivity index (χ0v) is 14.8. The minimum Gasteiger partial charge on any atom is -0.493 e. The summed E-state index contributed by atoms with van der Waals surface area (Å²) in [5.41, 5.74) is 2.33. The van der Waals surface area contributed by atoms with Crippen molar-refractivity contribution >= 4 is 5.96 Å². The lowest BCUT2D eigenvalue weighted by atomic mass is 10.1. The number of aliphatic imine (C=N–C) groups is 1. The third-order valence-corrected chi connectivity index (χ3v) is 3.60. The molecule has 0 fully saturated rings. The topological polar surface area (TPSA) is 58.8 Å². The first-order chi connectivity index (χ1) is 11.7. The lowest BCUT2D eigenvalue weighted by Crippen LogP contribution is -2.37. The molecule has 0 spiro atoms. The average Bonchev–Trinajstić information content (AvgIpc) is 3.10. The Morgan fingerprint density at radius 3 is 2.83 bits per heavy atom. The van der Waals surface area contributed by atoms with Crippen molar-refractivity contribution in [2.45, 2.75) is 33.2 Å². The molecule has 0 bridgehead atoms. The number of furan rings is 1. The highest BCUT2D eigenvalue weighted by Crippen LogP contribution is 2.20. The number of guanidine groups is 1. The molecule has 0 unspecified atom stereocenters. The van der Waals surface area contributed by atoms with Crippen LogP contribution < -0.4 is 15.4 Å². The van der Waals surface area contributed by atoms with Crippen LogP contribution in [0.25, 0.3) is 0 Å². The number of benzene rings is 1. The lowest BCUT2D eigenvalue weighted by molar-refractivity contribution is 0.313. The van der Waals surface area contributed by atoms with Crippen LogP contribution in [0.5, 0.6) is 5.75 Å². The van der Waals surface area contributed by atoms with Crippen molar-refractivity contribution < 1.29 is 9.15 Å². The van der Waals surface area contributed by atoms with Crippen LogP contribution in [0.15, 0.2) is 46.0 Å². The van der Waals surface area contributed by atoms with Crippen molar-refractivity contribution in [2.24, 2.45) is 4.99 Å². The minimum atomic E-state index is 0.666. The summed E-state index contributed by atoms with van der Waals surface area (Å²) < 4.78 is 11.2. The Morgan fingerprint density at radius 2 is 2.12 bits per heavy atom.